The molecular formula is C10H18O2Se. The van der Waals surface area contributed by atoms with Crippen molar-refractivity contribution in [3.63, 3.8) is 0 Å². The molecule has 0 rings (SSSR count). The minimum absolute atomic E-state index is 0.154. The summed E-state index contributed by atoms with van der Waals surface area (Å²) in [5.41, 5.74) is 0. The van der Waals surface area contributed by atoms with E-state index in [9.17, 15) is 4.79 Å². The van der Waals surface area contributed by atoms with Crippen molar-refractivity contribution < 1.29 is 9.53 Å². The zero-order valence-corrected chi connectivity index (χ0v) is 10.3. The molecule has 3 heteroatoms. The first kappa shape index (κ1) is 12.7. The van der Waals surface area contributed by atoms with Crippen LogP contribution in [0.4, 0.5) is 0 Å². The van der Waals surface area contributed by atoms with Crippen LogP contribution >= 0.6 is 0 Å². The van der Waals surface area contributed by atoms with Gasteiger partial charge in [-0.25, -0.2) is 0 Å². The molecule has 0 fully saturated rings. The van der Waals surface area contributed by atoms with Gasteiger partial charge in [0.05, 0.1) is 0 Å². The number of hydrogen-bond acceptors (Lipinski definition) is 2. The Hall–Kier alpha value is -0.271. The second-order valence-electron chi connectivity index (χ2n) is 2.76. The van der Waals surface area contributed by atoms with E-state index >= 15 is 0 Å². The van der Waals surface area contributed by atoms with Gasteiger partial charge in [-0.05, 0) is 0 Å². The zero-order chi connectivity index (χ0) is 10.1. The van der Waals surface area contributed by atoms with Crippen LogP contribution in [0.25, 0.3) is 0 Å². The zero-order valence-electron chi connectivity index (χ0n) is 8.63. The molecule has 0 saturated carbocycles. The summed E-state index contributed by atoms with van der Waals surface area (Å²) in [5.74, 6) is 1.88. The van der Waals surface area contributed by atoms with E-state index in [0.717, 1.165) is 10.9 Å². The molecular weight excluding hydrogens is 231 g/mol. The van der Waals surface area contributed by atoms with Crippen molar-refractivity contribution in [1.82, 2.24) is 0 Å². The number of allylic oxidation sites excluding steroid dienone is 1. The Morgan fingerprint density at radius 2 is 2.15 bits per heavy atom. The third-order valence-corrected chi connectivity index (χ3v) is 3.37. The van der Waals surface area contributed by atoms with Crippen molar-refractivity contribution >= 4 is 20.9 Å². The molecule has 0 N–H and O–H groups in total. The van der Waals surface area contributed by atoms with Crippen molar-refractivity contribution in [3.05, 3.63) is 10.5 Å². The summed E-state index contributed by atoms with van der Waals surface area (Å²) in [4.78, 5) is 11.1. The van der Waals surface area contributed by atoms with Gasteiger partial charge < -0.3 is 0 Å². The van der Waals surface area contributed by atoms with Gasteiger partial charge in [0.25, 0.3) is 0 Å². The number of esters is 1. The second-order valence-corrected chi connectivity index (χ2v) is 4.54. The van der Waals surface area contributed by atoms with Crippen molar-refractivity contribution in [2.75, 3.05) is 7.11 Å². The van der Waals surface area contributed by atoms with Crippen LogP contribution in [-0.4, -0.2) is 28.0 Å². The van der Waals surface area contributed by atoms with Crippen molar-refractivity contribution in [2.45, 2.75) is 38.4 Å². The van der Waals surface area contributed by atoms with Gasteiger partial charge in [-0.2, -0.15) is 0 Å². The van der Waals surface area contributed by atoms with E-state index in [0.29, 0.717) is 0 Å². The molecule has 0 radical (unpaired) electrons. The fraction of sp³-hybridized carbons (Fsp3) is 0.700. The number of unbranched alkanes of at least 4 members (excludes halogenated alkanes) is 3. The molecule has 0 atom stereocenters. The van der Waals surface area contributed by atoms with Gasteiger partial charge >= 0.3 is 86.5 Å². The third kappa shape index (κ3) is 5.89. The standard InChI is InChI=1S/C10H18O2Se/c1-4-5-6-7-8-9(13-3)10(11)12-2/h8H,4-7H2,1-3H3/b9-8-. The van der Waals surface area contributed by atoms with E-state index in [1.54, 1.807) is 0 Å². The van der Waals surface area contributed by atoms with Gasteiger partial charge in [0, 0.05) is 0 Å². The van der Waals surface area contributed by atoms with E-state index in [4.69, 9.17) is 0 Å². The second kappa shape index (κ2) is 8.33. The summed E-state index contributed by atoms with van der Waals surface area (Å²) in [6, 6.07) is 0. The van der Waals surface area contributed by atoms with Gasteiger partial charge in [-0.3, -0.25) is 0 Å². The van der Waals surface area contributed by atoms with Crippen LogP contribution in [0.1, 0.15) is 32.6 Å². The molecule has 0 aliphatic carbocycles. The fourth-order valence-corrected chi connectivity index (χ4v) is 2.10. The minimum atomic E-state index is -0.154. The SMILES string of the molecule is CCCCC/C=C(\[Se]C)C(=O)OC. The number of rotatable bonds is 6. The molecule has 0 amide bonds. The average Bonchev–Trinajstić information content (AvgIpc) is 2.17. The van der Waals surface area contributed by atoms with E-state index in [2.05, 4.69) is 11.7 Å². The Labute approximate surface area is 86.9 Å². The molecule has 0 aliphatic heterocycles. The number of carbonyl (C=O) groups excluding carboxylic acids is 1. The number of hydrogen-bond donors (Lipinski definition) is 0. The number of methoxy groups -OCH3 is 1. The number of carbonyl (C=O) groups is 1. The topological polar surface area (TPSA) is 26.3 Å². The van der Waals surface area contributed by atoms with E-state index < -0.39 is 0 Å². The Morgan fingerprint density at radius 3 is 2.62 bits per heavy atom. The maximum absolute atomic E-state index is 11.1. The molecule has 0 saturated heterocycles. The summed E-state index contributed by atoms with van der Waals surface area (Å²) >= 11 is 0.249. The Kier molecular flexibility index (Phi) is 8.16. The van der Waals surface area contributed by atoms with Gasteiger partial charge in [-0.15, -0.1) is 0 Å². The molecule has 0 aromatic heterocycles. The van der Waals surface area contributed by atoms with Crippen molar-refractivity contribution in [2.24, 2.45) is 0 Å². The van der Waals surface area contributed by atoms with Crippen LogP contribution in [0.2, 0.25) is 5.82 Å². The Morgan fingerprint density at radius 1 is 1.46 bits per heavy atom. The molecule has 2 nitrogen and oxygen atoms in total. The predicted molar refractivity (Wildman–Crippen MR) is 55.9 cm³/mol. The first-order valence-corrected chi connectivity index (χ1v) is 7.15. The molecule has 0 aliphatic rings. The quantitative estimate of drug-likeness (QED) is 0.312. The molecule has 0 unspecified atom stereocenters. The van der Waals surface area contributed by atoms with Crippen LogP contribution < -0.4 is 0 Å². The summed E-state index contributed by atoms with van der Waals surface area (Å²) in [6.07, 6.45) is 6.67. The van der Waals surface area contributed by atoms with Gasteiger partial charge in [0.15, 0.2) is 0 Å². The van der Waals surface area contributed by atoms with E-state index in [-0.39, 0.29) is 20.9 Å². The molecule has 0 bridgehead atoms. The molecule has 0 spiro atoms. The predicted octanol–water partition coefficient (Wildman–Crippen LogP) is 2.38. The third-order valence-electron chi connectivity index (χ3n) is 1.74. The Bertz CT molecular complexity index is 176. The molecule has 76 valence electrons. The van der Waals surface area contributed by atoms with Crippen molar-refractivity contribution in [3.8, 4) is 0 Å². The number of ether oxygens (including phenoxy) is 1. The van der Waals surface area contributed by atoms with Crippen LogP contribution in [0.5, 0.6) is 0 Å². The molecule has 0 heterocycles. The normalized spacial score (nSPS) is 11.5. The first-order valence-electron chi connectivity index (χ1n) is 4.58. The summed E-state index contributed by atoms with van der Waals surface area (Å²) in [5, 5.41) is 0. The van der Waals surface area contributed by atoms with E-state index in [1.165, 1.54) is 26.4 Å². The van der Waals surface area contributed by atoms with Crippen LogP contribution in [0, 0.1) is 0 Å². The monoisotopic (exact) mass is 250 g/mol. The molecule has 13 heavy (non-hydrogen) atoms. The summed E-state index contributed by atoms with van der Waals surface area (Å²) in [6.45, 7) is 2.18. The summed E-state index contributed by atoms with van der Waals surface area (Å²) < 4.78 is 5.54. The van der Waals surface area contributed by atoms with Crippen LogP contribution in [0.15, 0.2) is 10.5 Å². The van der Waals surface area contributed by atoms with E-state index in [1.807, 2.05) is 11.9 Å². The van der Waals surface area contributed by atoms with Gasteiger partial charge in [0.1, 0.15) is 0 Å². The van der Waals surface area contributed by atoms with Crippen LogP contribution in [-0.2, 0) is 9.53 Å². The maximum atomic E-state index is 11.1. The van der Waals surface area contributed by atoms with Crippen LogP contribution in [0.3, 0.4) is 0 Å². The average molecular weight is 249 g/mol. The summed E-state index contributed by atoms with van der Waals surface area (Å²) in [7, 11) is 1.44. The van der Waals surface area contributed by atoms with Crippen molar-refractivity contribution in [1.29, 1.82) is 0 Å². The fourth-order valence-electron chi connectivity index (χ4n) is 0.978. The Balaban J connectivity index is 3.85. The molecule has 0 aromatic carbocycles. The molecule has 0 aromatic rings. The first-order chi connectivity index (χ1) is 6.26. The van der Waals surface area contributed by atoms with Gasteiger partial charge in [0.2, 0.25) is 0 Å². The van der Waals surface area contributed by atoms with Gasteiger partial charge in [-0.1, -0.05) is 0 Å².